The second-order valence-electron chi connectivity index (χ2n) is 9.47. The highest BCUT2D eigenvalue weighted by Crippen LogP contribution is 2.28. The molecule has 3 rings (SSSR count). The molecule has 1 aromatic rings. The standard InChI is InChI=1S/C25H29N3O8/c1-25(2,3)19(14-26-24(33)34)36-12-11-35-10-4-5-15-6-7-16-17(13-15)23(32)28(22(16)31)18-8-9-20(29)27-21(18)30/h6-7,13,18-19,26H,8-12,14H2,1-3H3,(H,33,34)(H,27,29,30). The number of ether oxygens (including phenoxy) is 2. The van der Waals surface area contributed by atoms with E-state index in [0.717, 1.165) is 4.90 Å². The fourth-order valence-corrected chi connectivity index (χ4v) is 3.85. The van der Waals surface area contributed by atoms with Crippen molar-refractivity contribution in [1.29, 1.82) is 0 Å². The molecule has 0 bridgehead atoms. The number of carbonyl (C=O) groups excluding carboxylic acids is 4. The fourth-order valence-electron chi connectivity index (χ4n) is 3.85. The summed E-state index contributed by atoms with van der Waals surface area (Å²) in [5, 5.41) is 13.3. The van der Waals surface area contributed by atoms with E-state index in [0.29, 0.717) is 5.56 Å². The number of fused-ring (bicyclic) bond motifs is 1. The zero-order valence-corrected chi connectivity index (χ0v) is 20.4. The van der Waals surface area contributed by atoms with Crippen molar-refractivity contribution in [2.75, 3.05) is 26.4 Å². The Kier molecular flexibility index (Phi) is 8.45. The number of carbonyl (C=O) groups is 5. The van der Waals surface area contributed by atoms with Gasteiger partial charge in [0.05, 0.1) is 30.4 Å². The number of amides is 5. The summed E-state index contributed by atoms with van der Waals surface area (Å²) in [5.41, 5.74) is 0.596. The molecule has 1 saturated heterocycles. The first-order valence-electron chi connectivity index (χ1n) is 11.5. The van der Waals surface area contributed by atoms with E-state index in [2.05, 4.69) is 22.5 Å². The Balaban J connectivity index is 1.52. The number of piperidine rings is 1. The lowest BCUT2D eigenvalue weighted by atomic mass is 9.89. The van der Waals surface area contributed by atoms with Crippen LogP contribution in [0.2, 0.25) is 0 Å². The quantitative estimate of drug-likeness (QED) is 0.274. The smallest absolute Gasteiger partial charge is 0.404 e. The molecule has 11 nitrogen and oxygen atoms in total. The second kappa shape index (κ2) is 11.3. The normalized spacial score (nSPS) is 18.3. The van der Waals surface area contributed by atoms with Crippen molar-refractivity contribution in [2.24, 2.45) is 5.41 Å². The Morgan fingerprint density at radius 1 is 1.19 bits per heavy atom. The lowest BCUT2D eigenvalue weighted by Gasteiger charge is -2.30. The minimum Gasteiger partial charge on any atom is -0.465 e. The largest absolute Gasteiger partial charge is 0.465 e. The predicted octanol–water partition coefficient (Wildman–Crippen LogP) is 1.15. The highest BCUT2D eigenvalue weighted by Gasteiger charge is 2.44. The molecular formula is C25H29N3O8. The summed E-state index contributed by atoms with van der Waals surface area (Å²) < 4.78 is 11.2. The van der Waals surface area contributed by atoms with Crippen LogP contribution in [-0.2, 0) is 19.1 Å². The topological polar surface area (TPSA) is 151 Å². The summed E-state index contributed by atoms with van der Waals surface area (Å²) in [6.45, 7) is 6.64. The SMILES string of the molecule is CC(C)(C)C(CNC(=O)O)OCCOCC#Cc1ccc2c(c1)C(=O)N(C1CCC(=O)NC1=O)C2=O. The Morgan fingerprint density at radius 2 is 1.92 bits per heavy atom. The number of imide groups is 2. The van der Waals surface area contributed by atoms with Gasteiger partial charge >= 0.3 is 6.09 Å². The molecule has 0 saturated carbocycles. The van der Waals surface area contributed by atoms with Crippen LogP contribution in [0.3, 0.4) is 0 Å². The molecule has 2 unspecified atom stereocenters. The number of hydrogen-bond donors (Lipinski definition) is 3. The van der Waals surface area contributed by atoms with Crippen molar-refractivity contribution in [3.05, 3.63) is 34.9 Å². The van der Waals surface area contributed by atoms with Crippen LogP contribution in [0.4, 0.5) is 4.79 Å². The van der Waals surface area contributed by atoms with Crippen LogP contribution in [0.5, 0.6) is 0 Å². The fraction of sp³-hybridized carbons (Fsp3) is 0.480. The molecule has 0 aliphatic carbocycles. The average Bonchev–Trinajstić information content (AvgIpc) is 3.04. The maximum absolute atomic E-state index is 12.9. The van der Waals surface area contributed by atoms with Crippen LogP contribution in [0, 0.1) is 17.3 Å². The highest BCUT2D eigenvalue weighted by atomic mass is 16.5. The molecule has 11 heteroatoms. The molecule has 1 fully saturated rings. The molecular weight excluding hydrogens is 470 g/mol. The van der Waals surface area contributed by atoms with Gasteiger partial charge in [-0.15, -0.1) is 0 Å². The summed E-state index contributed by atoms with van der Waals surface area (Å²) in [5.74, 6) is 3.47. The van der Waals surface area contributed by atoms with E-state index in [4.69, 9.17) is 14.6 Å². The minimum atomic E-state index is -1.11. The molecule has 2 aliphatic heterocycles. The number of nitrogens with zero attached hydrogens (tertiary/aromatic N) is 1. The van der Waals surface area contributed by atoms with Gasteiger partial charge in [0.2, 0.25) is 11.8 Å². The van der Waals surface area contributed by atoms with Crippen LogP contribution >= 0.6 is 0 Å². The Bertz CT molecular complexity index is 1130. The zero-order valence-electron chi connectivity index (χ0n) is 20.4. The first-order valence-corrected chi connectivity index (χ1v) is 11.5. The van der Waals surface area contributed by atoms with Gasteiger partial charge in [-0.3, -0.25) is 29.4 Å². The van der Waals surface area contributed by atoms with Crippen LogP contribution in [0.1, 0.15) is 59.9 Å². The molecule has 192 valence electrons. The Hall–Kier alpha value is -3.75. The summed E-state index contributed by atoms with van der Waals surface area (Å²) >= 11 is 0. The van der Waals surface area contributed by atoms with E-state index in [9.17, 15) is 24.0 Å². The molecule has 0 radical (unpaired) electrons. The summed E-state index contributed by atoms with van der Waals surface area (Å²) in [4.78, 5) is 60.8. The van der Waals surface area contributed by atoms with Crippen molar-refractivity contribution in [1.82, 2.24) is 15.5 Å². The van der Waals surface area contributed by atoms with E-state index in [1.54, 1.807) is 6.07 Å². The van der Waals surface area contributed by atoms with Crippen molar-refractivity contribution in [3.8, 4) is 11.8 Å². The van der Waals surface area contributed by atoms with Crippen molar-refractivity contribution in [2.45, 2.75) is 45.8 Å². The van der Waals surface area contributed by atoms with E-state index in [1.165, 1.54) is 12.1 Å². The second-order valence-corrected chi connectivity index (χ2v) is 9.47. The summed E-state index contributed by atoms with van der Waals surface area (Å²) in [7, 11) is 0. The first kappa shape index (κ1) is 26.8. The van der Waals surface area contributed by atoms with Gasteiger partial charge in [0.1, 0.15) is 12.6 Å². The lowest BCUT2D eigenvalue weighted by molar-refractivity contribution is -0.136. The minimum absolute atomic E-state index is 0.0572. The summed E-state index contributed by atoms with van der Waals surface area (Å²) in [6, 6.07) is 3.59. The van der Waals surface area contributed by atoms with Crippen LogP contribution in [0.25, 0.3) is 0 Å². The molecule has 5 amide bonds. The monoisotopic (exact) mass is 499 g/mol. The first-order chi connectivity index (χ1) is 17.0. The van der Waals surface area contributed by atoms with Gasteiger partial charge in [-0.05, 0) is 30.0 Å². The number of benzene rings is 1. The third-order valence-electron chi connectivity index (χ3n) is 5.80. The van der Waals surface area contributed by atoms with Gasteiger partial charge in [0.15, 0.2) is 0 Å². The molecule has 2 heterocycles. The van der Waals surface area contributed by atoms with Crippen molar-refractivity contribution < 1.29 is 38.6 Å². The molecule has 0 spiro atoms. The van der Waals surface area contributed by atoms with Crippen molar-refractivity contribution in [3.63, 3.8) is 0 Å². The van der Waals surface area contributed by atoms with Crippen LogP contribution in [0.15, 0.2) is 18.2 Å². The molecule has 2 atom stereocenters. The molecule has 2 aliphatic rings. The maximum Gasteiger partial charge on any atom is 0.404 e. The number of hydrogen-bond acceptors (Lipinski definition) is 7. The highest BCUT2D eigenvalue weighted by molar-refractivity contribution is 6.23. The molecule has 36 heavy (non-hydrogen) atoms. The van der Waals surface area contributed by atoms with Gasteiger partial charge in [-0.25, -0.2) is 4.79 Å². The van der Waals surface area contributed by atoms with E-state index >= 15 is 0 Å². The van der Waals surface area contributed by atoms with Gasteiger partial charge in [0, 0.05) is 18.5 Å². The van der Waals surface area contributed by atoms with Gasteiger partial charge in [-0.2, -0.15) is 0 Å². The number of nitrogens with one attached hydrogen (secondary N) is 2. The lowest BCUT2D eigenvalue weighted by Crippen LogP contribution is -2.54. The summed E-state index contributed by atoms with van der Waals surface area (Å²) in [6.07, 6.45) is -1.28. The predicted molar refractivity (Wildman–Crippen MR) is 126 cm³/mol. The third kappa shape index (κ3) is 6.47. The molecule has 1 aromatic carbocycles. The number of rotatable bonds is 8. The van der Waals surface area contributed by atoms with Crippen LogP contribution in [-0.4, -0.2) is 78.2 Å². The van der Waals surface area contributed by atoms with Crippen LogP contribution < -0.4 is 10.6 Å². The Morgan fingerprint density at radius 3 is 2.58 bits per heavy atom. The maximum atomic E-state index is 12.9. The van der Waals surface area contributed by atoms with Gasteiger partial charge in [0.25, 0.3) is 11.8 Å². The average molecular weight is 500 g/mol. The van der Waals surface area contributed by atoms with Crippen molar-refractivity contribution >= 4 is 29.7 Å². The van der Waals surface area contributed by atoms with E-state index in [-0.39, 0.29) is 61.9 Å². The van der Waals surface area contributed by atoms with Gasteiger partial charge < -0.3 is 19.9 Å². The molecule has 0 aromatic heterocycles. The Labute approximate surface area is 208 Å². The number of carboxylic acid groups (broad SMARTS) is 1. The third-order valence-corrected chi connectivity index (χ3v) is 5.80. The zero-order chi connectivity index (χ0) is 26.5. The van der Waals surface area contributed by atoms with E-state index in [1.807, 2.05) is 20.8 Å². The van der Waals surface area contributed by atoms with E-state index < -0.39 is 35.8 Å². The van der Waals surface area contributed by atoms with Gasteiger partial charge in [-0.1, -0.05) is 32.6 Å². The molecule has 3 N–H and O–H groups in total.